The summed E-state index contributed by atoms with van der Waals surface area (Å²) in [6.07, 6.45) is -2.80. The van der Waals surface area contributed by atoms with Crippen molar-refractivity contribution in [2.45, 2.75) is 26.3 Å². The lowest BCUT2D eigenvalue weighted by molar-refractivity contribution is -0.139. The Balaban J connectivity index is 0. The second kappa shape index (κ2) is 19.0. The minimum Gasteiger partial charge on any atom is -0.481 e. The predicted octanol–water partition coefficient (Wildman–Crippen LogP) is -1.88. The Morgan fingerprint density at radius 3 is 2.19 bits per heavy atom. The molecule has 0 saturated carbocycles. The summed E-state index contributed by atoms with van der Waals surface area (Å²) in [5.41, 5.74) is 0. The van der Waals surface area contributed by atoms with Crippen LogP contribution >= 0.6 is 0 Å². The van der Waals surface area contributed by atoms with Gasteiger partial charge in [-0.2, -0.15) is 13.1 Å². The number of hydrogen-bond donors (Lipinski definition) is 6. The molecular formula is C16H33N5O10S. The summed E-state index contributed by atoms with van der Waals surface area (Å²) in [7, 11) is -1.40. The number of carboxylic acids is 1. The molecule has 6 N–H and O–H groups in total. The first-order valence-corrected chi connectivity index (χ1v) is 11.1. The summed E-state index contributed by atoms with van der Waals surface area (Å²) < 4.78 is 40.3. The minimum absolute atomic E-state index is 0.0947. The molecule has 3 amide bonds. The van der Waals surface area contributed by atoms with E-state index < -0.39 is 46.7 Å². The van der Waals surface area contributed by atoms with Gasteiger partial charge in [0.2, 0.25) is 5.91 Å². The molecule has 0 aliphatic carbocycles. The number of likely N-dealkylation sites (N-methyl/N-ethyl adjacent to an activating group) is 1. The molecule has 0 bridgehead atoms. The number of aliphatic carboxylic acids is 1. The molecule has 0 heterocycles. The van der Waals surface area contributed by atoms with Crippen molar-refractivity contribution < 1.29 is 46.9 Å². The Kier molecular flexibility index (Phi) is 18.7. The average molecular weight is 488 g/mol. The lowest BCUT2D eigenvalue weighted by atomic mass is 10.2. The van der Waals surface area contributed by atoms with E-state index in [-0.39, 0.29) is 32.9 Å². The van der Waals surface area contributed by atoms with Crippen molar-refractivity contribution >= 4 is 34.3 Å². The van der Waals surface area contributed by atoms with Gasteiger partial charge in [0.05, 0.1) is 26.7 Å². The number of hydrogen-bond acceptors (Lipinski definition) is 10. The predicted molar refractivity (Wildman–Crippen MR) is 112 cm³/mol. The molecule has 0 aliphatic rings. The molecule has 0 aromatic carbocycles. The van der Waals surface area contributed by atoms with Gasteiger partial charge in [-0.1, -0.05) is 13.8 Å². The minimum atomic E-state index is -4.08. The number of alkyl carbamates (subject to hydrolysis) is 1. The van der Waals surface area contributed by atoms with Crippen LogP contribution in [0.15, 0.2) is 0 Å². The van der Waals surface area contributed by atoms with Gasteiger partial charge in [0, 0.05) is 19.6 Å². The highest BCUT2D eigenvalue weighted by atomic mass is 32.2. The van der Waals surface area contributed by atoms with Gasteiger partial charge in [-0.3, -0.25) is 9.59 Å². The third-order valence-corrected chi connectivity index (χ3v) is 4.08. The van der Waals surface area contributed by atoms with Crippen LogP contribution in [-0.4, -0.2) is 97.2 Å². The van der Waals surface area contributed by atoms with Crippen LogP contribution in [0.4, 0.5) is 9.59 Å². The van der Waals surface area contributed by atoms with Gasteiger partial charge in [-0.15, -0.1) is 0 Å². The van der Waals surface area contributed by atoms with Gasteiger partial charge in [-0.25, -0.2) is 14.3 Å². The number of amides is 3. The van der Waals surface area contributed by atoms with Crippen molar-refractivity contribution in [3.8, 4) is 0 Å². The van der Waals surface area contributed by atoms with Crippen molar-refractivity contribution in [2.75, 3.05) is 53.6 Å². The number of carboxylic acid groups (broad SMARTS) is 1. The molecular weight excluding hydrogens is 454 g/mol. The van der Waals surface area contributed by atoms with Gasteiger partial charge in [0.1, 0.15) is 12.6 Å². The molecule has 0 aromatic heterocycles. The quantitative estimate of drug-likeness (QED) is 0.141. The van der Waals surface area contributed by atoms with Crippen LogP contribution < -0.4 is 25.4 Å². The fourth-order valence-corrected chi connectivity index (χ4v) is 2.46. The Bertz CT molecular complexity index is 674. The van der Waals surface area contributed by atoms with Gasteiger partial charge < -0.3 is 35.3 Å². The zero-order valence-electron chi connectivity index (χ0n) is 18.6. The van der Waals surface area contributed by atoms with Crippen molar-refractivity contribution in [3.63, 3.8) is 0 Å². The van der Waals surface area contributed by atoms with Crippen LogP contribution in [0.5, 0.6) is 0 Å². The van der Waals surface area contributed by atoms with E-state index >= 15 is 0 Å². The van der Waals surface area contributed by atoms with Gasteiger partial charge in [0.25, 0.3) is 0 Å². The second-order valence-electron chi connectivity index (χ2n) is 5.43. The number of carbonyl (C=O) groups excluding carboxylic acids is 3. The molecule has 0 rings (SSSR count). The van der Waals surface area contributed by atoms with Gasteiger partial charge in [-0.05, 0) is 7.05 Å². The van der Waals surface area contributed by atoms with E-state index in [1.54, 1.807) is 11.8 Å². The Labute approximate surface area is 187 Å². The summed E-state index contributed by atoms with van der Waals surface area (Å²) in [5.74, 6) is -1.95. The Morgan fingerprint density at radius 2 is 1.62 bits per heavy atom. The van der Waals surface area contributed by atoms with Crippen LogP contribution in [-0.2, 0) is 34.0 Å². The molecule has 0 aliphatic heterocycles. The highest BCUT2D eigenvalue weighted by Gasteiger charge is 2.24. The molecule has 188 valence electrons. The topological polar surface area (TPSA) is 210 Å². The molecule has 32 heavy (non-hydrogen) atoms. The zero-order valence-corrected chi connectivity index (χ0v) is 19.4. The zero-order chi connectivity index (χ0) is 25.0. The van der Waals surface area contributed by atoms with E-state index in [1.165, 1.54) is 0 Å². The third-order valence-electron chi connectivity index (χ3n) is 3.06. The number of carbonyl (C=O) groups is 4. The van der Waals surface area contributed by atoms with Crippen molar-refractivity contribution in [3.05, 3.63) is 0 Å². The Hall–Kier alpha value is -2.69. The van der Waals surface area contributed by atoms with E-state index in [9.17, 15) is 27.6 Å². The molecule has 0 radical (unpaired) electrons. The van der Waals surface area contributed by atoms with Gasteiger partial charge in [0.15, 0.2) is 0 Å². The standard InChI is InChI=1S/C14H27N5O10S.C2H6/c1-15-3-4-16-12(22)10(9-11(20)21)18-13(23)29-8-7-28-6-5-17-30(25,26)19-14(24)27-2;1-2/h10,15,17H,3-9H2,1-2H3,(H,16,22)(H,18,23)(H,19,24)(H,20,21);1-2H3. The van der Waals surface area contributed by atoms with Gasteiger partial charge >= 0.3 is 28.4 Å². The lowest BCUT2D eigenvalue weighted by Crippen LogP contribution is -2.49. The molecule has 0 aromatic rings. The molecule has 15 nitrogen and oxygen atoms in total. The summed E-state index contributed by atoms with van der Waals surface area (Å²) in [5, 5.41) is 16.3. The van der Waals surface area contributed by atoms with Crippen molar-refractivity contribution in [2.24, 2.45) is 0 Å². The number of nitrogens with one attached hydrogen (secondary N) is 5. The summed E-state index contributed by atoms with van der Waals surface area (Å²) in [4.78, 5) is 45.3. The second-order valence-corrected chi connectivity index (χ2v) is 6.93. The highest BCUT2D eigenvalue weighted by Crippen LogP contribution is 1.95. The molecule has 1 unspecified atom stereocenters. The first kappa shape index (κ1) is 31.5. The Morgan fingerprint density at radius 1 is 0.969 bits per heavy atom. The highest BCUT2D eigenvalue weighted by molar-refractivity contribution is 7.88. The van der Waals surface area contributed by atoms with Crippen LogP contribution in [0, 0.1) is 0 Å². The van der Waals surface area contributed by atoms with E-state index in [4.69, 9.17) is 14.6 Å². The largest absolute Gasteiger partial charge is 0.481 e. The first-order chi connectivity index (χ1) is 15.1. The van der Waals surface area contributed by atoms with Crippen LogP contribution in [0.1, 0.15) is 20.3 Å². The van der Waals surface area contributed by atoms with E-state index in [0.717, 1.165) is 7.11 Å². The molecule has 16 heteroatoms. The summed E-state index contributed by atoms with van der Waals surface area (Å²) >= 11 is 0. The lowest BCUT2D eigenvalue weighted by Gasteiger charge is -2.16. The third kappa shape index (κ3) is 18.1. The maximum absolute atomic E-state index is 11.9. The molecule has 1 atom stereocenters. The van der Waals surface area contributed by atoms with Crippen molar-refractivity contribution in [1.29, 1.82) is 0 Å². The summed E-state index contributed by atoms with van der Waals surface area (Å²) in [6, 6.07) is -1.32. The fourth-order valence-electron chi connectivity index (χ4n) is 1.73. The number of ether oxygens (including phenoxy) is 3. The first-order valence-electron chi connectivity index (χ1n) is 9.61. The fraction of sp³-hybridized carbons (Fsp3) is 0.750. The monoisotopic (exact) mass is 487 g/mol. The number of rotatable bonds is 15. The van der Waals surface area contributed by atoms with E-state index in [2.05, 4.69) is 20.7 Å². The van der Waals surface area contributed by atoms with Crippen LogP contribution in [0.2, 0.25) is 0 Å². The number of methoxy groups -OCH3 is 1. The van der Waals surface area contributed by atoms with E-state index in [1.807, 2.05) is 18.6 Å². The maximum Gasteiger partial charge on any atom is 0.421 e. The van der Waals surface area contributed by atoms with Crippen LogP contribution in [0.3, 0.4) is 0 Å². The normalized spacial score (nSPS) is 11.2. The van der Waals surface area contributed by atoms with E-state index in [0.29, 0.717) is 6.54 Å². The smallest absolute Gasteiger partial charge is 0.421 e. The molecule has 0 spiro atoms. The van der Waals surface area contributed by atoms with Crippen molar-refractivity contribution in [1.82, 2.24) is 25.4 Å². The molecule has 0 saturated heterocycles. The maximum atomic E-state index is 11.9. The average Bonchev–Trinajstić information content (AvgIpc) is 2.73. The summed E-state index contributed by atoms with van der Waals surface area (Å²) in [6.45, 7) is 4.10. The van der Waals surface area contributed by atoms with Crippen LogP contribution in [0.25, 0.3) is 0 Å². The molecule has 0 fully saturated rings. The SMILES string of the molecule is CC.CNCCNC(=O)C(CC(=O)O)NC(=O)OCCOCCNS(=O)(=O)NC(=O)OC.